The van der Waals surface area contributed by atoms with Crippen molar-refractivity contribution in [3.8, 4) is 0 Å². The fraction of sp³-hybridized carbons (Fsp3) is 0. The van der Waals surface area contributed by atoms with Crippen LogP contribution < -0.4 is 0 Å². The molecule has 5 aromatic carbocycles. The third-order valence-corrected chi connectivity index (χ3v) is 8.48. The Morgan fingerprint density at radius 2 is 1.34 bits per heavy atom. The first kappa shape index (κ1) is 18.0. The maximum Gasteiger partial charge on any atom is 0.146 e. The van der Waals surface area contributed by atoms with E-state index in [1.807, 2.05) is 23.5 Å². The summed E-state index contributed by atoms with van der Waals surface area (Å²) in [6.45, 7) is 0. The van der Waals surface area contributed by atoms with Gasteiger partial charge in [-0.3, -0.25) is 4.40 Å². The largest absolute Gasteiger partial charge is 0.456 e. The minimum atomic E-state index is 0.902. The number of para-hydroxylation sites is 3. The average Bonchev–Trinajstić information content (AvgIpc) is 3.57. The molecule has 3 nitrogen and oxygen atoms in total. The van der Waals surface area contributed by atoms with Crippen molar-refractivity contribution in [1.82, 2.24) is 9.38 Å². The molecule has 0 fully saturated rings. The SMILES string of the molecule is c1ccc2c(c1)nc1c3cc4sc5ccccc5c4cc3c3cc4c(cc3n21)oc1ccccc14. The molecule has 35 heavy (non-hydrogen) atoms. The number of aromatic nitrogens is 2. The highest BCUT2D eigenvalue weighted by Crippen LogP contribution is 2.42. The number of nitrogens with zero attached hydrogens (tertiary/aromatic N) is 2. The van der Waals surface area contributed by atoms with Gasteiger partial charge in [-0.25, -0.2) is 4.98 Å². The number of fused-ring (bicyclic) bond motifs is 14. The molecule has 0 saturated carbocycles. The first-order valence-electron chi connectivity index (χ1n) is 11.7. The first-order valence-corrected chi connectivity index (χ1v) is 12.5. The fourth-order valence-corrected chi connectivity index (χ4v) is 6.92. The van der Waals surface area contributed by atoms with Crippen molar-refractivity contribution in [2.75, 3.05) is 0 Å². The van der Waals surface area contributed by atoms with Gasteiger partial charge in [0.2, 0.25) is 0 Å². The molecule has 0 amide bonds. The molecule has 4 heteroatoms. The molecule has 9 rings (SSSR count). The Morgan fingerprint density at radius 3 is 2.31 bits per heavy atom. The molecule has 0 saturated heterocycles. The number of benzene rings is 5. The predicted molar refractivity (Wildman–Crippen MR) is 148 cm³/mol. The molecule has 0 radical (unpaired) electrons. The summed E-state index contributed by atoms with van der Waals surface area (Å²) in [5.74, 6) is 0. The lowest BCUT2D eigenvalue weighted by Gasteiger charge is -2.10. The number of imidazole rings is 1. The van der Waals surface area contributed by atoms with E-state index in [1.54, 1.807) is 0 Å². The minimum absolute atomic E-state index is 0.902. The minimum Gasteiger partial charge on any atom is -0.456 e. The van der Waals surface area contributed by atoms with Gasteiger partial charge >= 0.3 is 0 Å². The smallest absolute Gasteiger partial charge is 0.146 e. The molecule has 4 aromatic heterocycles. The zero-order valence-electron chi connectivity index (χ0n) is 18.4. The van der Waals surface area contributed by atoms with E-state index in [0.29, 0.717) is 0 Å². The molecular weight excluding hydrogens is 448 g/mol. The molecule has 9 aromatic rings. The Labute approximate surface area is 202 Å². The van der Waals surface area contributed by atoms with Gasteiger partial charge in [0.1, 0.15) is 16.8 Å². The average molecular weight is 465 g/mol. The summed E-state index contributed by atoms with van der Waals surface area (Å²) in [6, 6.07) is 34.6. The van der Waals surface area contributed by atoms with Crippen molar-refractivity contribution in [1.29, 1.82) is 0 Å². The second-order valence-corrected chi connectivity index (χ2v) is 10.3. The summed E-state index contributed by atoms with van der Waals surface area (Å²) in [4.78, 5) is 5.11. The second-order valence-electron chi connectivity index (χ2n) is 9.22. The van der Waals surface area contributed by atoms with Crippen molar-refractivity contribution >= 4 is 91.8 Å². The maximum atomic E-state index is 6.29. The van der Waals surface area contributed by atoms with Crippen LogP contribution in [0.4, 0.5) is 0 Å². The van der Waals surface area contributed by atoms with Crippen LogP contribution in [-0.4, -0.2) is 9.38 Å². The number of hydrogen-bond donors (Lipinski definition) is 0. The molecule has 162 valence electrons. The van der Waals surface area contributed by atoms with Gasteiger partial charge in [0.15, 0.2) is 0 Å². The van der Waals surface area contributed by atoms with Crippen LogP contribution in [0.5, 0.6) is 0 Å². The van der Waals surface area contributed by atoms with E-state index in [4.69, 9.17) is 9.40 Å². The summed E-state index contributed by atoms with van der Waals surface area (Å²) < 4.78 is 11.2. The number of furan rings is 1. The fourth-order valence-electron chi connectivity index (χ4n) is 5.79. The topological polar surface area (TPSA) is 30.4 Å². The van der Waals surface area contributed by atoms with E-state index < -0.39 is 0 Å². The van der Waals surface area contributed by atoms with Gasteiger partial charge < -0.3 is 4.42 Å². The molecular formula is C31H16N2OS. The summed E-state index contributed by atoms with van der Waals surface area (Å²) in [5, 5.41) is 8.53. The normalized spacial score (nSPS) is 12.6. The van der Waals surface area contributed by atoms with Crippen LogP contribution in [0.25, 0.3) is 80.5 Å². The maximum absolute atomic E-state index is 6.29. The first-order chi connectivity index (χ1) is 17.3. The summed E-state index contributed by atoms with van der Waals surface area (Å²) >= 11 is 1.85. The lowest BCUT2D eigenvalue weighted by atomic mass is 10.0. The van der Waals surface area contributed by atoms with Crippen LogP contribution in [-0.2, 0) is 0 Å². The molecule has 0 aliphatic rings. The van der Waals surface area contributed by atoms with Crippen LogP contribution in [0.1, 0.15) is 0 Å². The van der Waals surface area contributed by atoms with Gasteiger partial charge in [0.25, 0.3) is 0 Å². The molecule has 0 aliphatic heterocycles. The van der Waals surface area contributed by atoms with Crippen molar-refractivity contribution in [3.63, 3.8) is 0 Å². The Balaban J connectivity index is 1.61. The lowest BCUT2D eigenvalue weighted by Crippen LogP contribution is -1.91. The number of rotatable bonds is 0. The van der Waals surface area contributed by atoms with E-state index in [2.05, 4.69) is 89.3 Å². The van der Waals surface area contributed by atoms with Crippen molar-refractivity contribution in [2.45, 2.75) is 0 Å². The van der Waals surface area contributed by atoms with Gasteiger partial charge in [-0.2, -0.15) is 0 Å². The zero-order chi connectivity index (χ0) is 22.7. The van der Waals surface area contributed by atoms with Crippen LogP contribution >= 0.6 is 11.3 Å². The van der Waals surface area contributed by atoms with Gasteiger partial charge in [-0.1, -0.05) is 48.5 Å². The van der Waals surface area contributed by atoms with Crippen molar-refractivity contribution in [2.24, 2.45) is 0 Å². The van der Waals surface area contributed by atoms with Crippen LogP contribution in [0.3, 0.4) is 0 Å². The van der Waals surface area contributed by atoms with E-state index in [0.717, 1.165) is 44.1 Å². The zero-order valence-corrected chi connectivity index (χ0v) is 19.3. The monoisotopic (exact) mass is 464 g/mol. The number of thiophene rings is 1. The second kappa shape index (κ2) is 6.17. The summed E-state index contributed by atoms with van der Waals surface area (Å²) in [7, 11) is 0. The van der Waals surface area contributed by atoms with Gasteiger partial charge in [0.05, 0.1) is 16.6 Å². The van der Waals surface area contributed by atoms with Gasteiger partial charge in [-0.15, -0.1) is 11.3 Å². The van der Waals surface area contributed by atoms with Crippen LogP contribution in [0.15, 0.2) is 101 Å². The Hall–Kier alpha value is -4.41. The van der Waals surface area contributed by atoms with E-state index in [1.165, 1.54) is 36.3 Å². The molecule has 0 N–H and O–H groups in total. The predicted octanol–water partition coefficient (Wildman–Crippen LogP) is 9.06. The summed E-state index contributed by atoms with van der Waals surface area (Å²) in [5.41, 5.74) is 6.04. The van der Waals surface area contributed by atoms with Crippen LogP contribution in [0.2, 0.25) is 0 Å². The third-order valence-electron chi connectivity index (χ3n) is 7.34. The Kier molecular flexibility index (Phi) is 3.17. The molecule has 0 spiro atoms. The van der Waals surface area contributed by atoms with Gasteiger partial charge in [0, 0.05) is 47.8 Å². The van der Waals surface area contributed by atoms with E-state index in [-0.39, 0.29) is 0 Å². The van der Waals surface area contributed by atoms with Gasteiger partial charge in [-0.05, 0) is 47.9 Å². The quantitative estimate of drug-likeness (QED) is 0.210. The lowest BCUT2D eigenvalue weighted by molar-refractivity contribution is 0.669. The molecule has 4 heterocycles. The highest BCUT2D eigenvalue weighted by atomic mass is 32.1. The van der Waals surface area contributed by atoms with Crippen molar-refractivity contribution in [3.05, 3.63) is 97.1 Å². The molecule has 0 atom stereocenters. The standard InChI is InChI=1S/C31H16N2OS/c1-5-11-27-17(7-1)21-14-20-19-13-22-18-8-2-6-12-29(18)35-30(22)15-23(19)31-32-24-9-3-4-10-25(24)33(31)26(20)16-28(21)34-27/h1-16H. The molecule has 0 aliphatic carbocycles. The Bertz CT molecular complexity index is 2330. The third kappa shape index (κ3) is 2.23. The highest BCUT2D eigenvalue weighted by Gasteiger charge is 2.18. The van der Waals surface area contributed by atoms with Crippen molar-refractivity contribution < 1.29 is 4.42 Å². The number of hydrogen-bond acceptors (Lipinski definition) is 3. The highest BCUT2D eigenvalue weighted by molar-refractivity contribution is 7.25. The number of pyridine rings is 1. The van der Waals surface area contributed by atoms with E-state index in [9.17, 15) is 0 Å². The van der Waals surface area contributed by atoms with Crippen LogP contribution in [0, 0.1) is 0 Å². The molecule has 0 bridgehead atoms. The summed E-state index contributed by atoms with van der Waals surface area (Å²) in [6.07, 6.45) is 0. The molecule has 0 unspecified atom stereocenters. The Morgan fingerprint density at radius 1 is 0.543 bits per heavy atom. The van der Waals surface area contributed by atoms with E-state index >= 15 is 0 Å².